The molecule has 0 N–H and O–H groups in total. The van der Waals surface area contributed by atoms with Crippen molar-refractivity contribution in [2.75, 3.05) is 14.2 Å². The smallest absolute Gasteiger partial charge is 0.161 e. The first kappa shape index (κ1) is 15.0. The molecular formula is C13H11BrCl2O2S. The van der Waals surface area contributed by atoms with E-state index in [1.165, 1.54) is 11.3 Å². The minimum absolute atomic E-state index is 0.270. The predicted octanol–water partition coefficient (Wildman–Crippen LogP) is 5.51. The van der Waals surface area contributed by atoms with Crippen LogP contribution in [0.15, 0.2) is 28.1 Å². The molecule has 0 bridgehead atoms. The normalized spacial score (nSPS) is 12.3. The number of methoxy groups -OCH3 is 2. The Kier molecular flexibility index (Phi) is 5.01. The van der Waals surface area contributed by atoms with E-state index in [4.69, 9.17) is 32.7 Å². The van der Waals surface area contributed by atoms with E-state index in [2.05, 4.69) is 15.9 Å². The fourth-order valence-corrected chi connectivity index (χ4v) is 3.75. The molecule has 0 fully saturated rings. The van der Waals surface area contributed by atoms with E-state index in [0.29, 0.717) is 16.5 Å². The number of hydrogen-bond acceptors (Lipinski definition) is 3. The molecule has 6 heteroatoms. The molecule has 0 aliphatic carbocycles. The van der Waals surface area contributed by atoms with E-state index < -0.39 is 0 Å². The van der Waals surface area contributed by atoms with E-state index in [1.54, 1.807) is 14.2 Å². The predicted molar refractivity (Wildman–Crippen MR) is 84.3 cm³/mol. The molecule has 1 aromatic carbocycles. The van der Waals surface area contributed by atoms with E-state index in [0.717, 1.165) is 14.2 Å². The second kappa shape index (κ2) is 6.35. The molecule has 0 saturated carbocycles. The summed E-state index contributed by atoms with van der Waals surface area (Å²) in [5, 5.41) is 0.403. The molecule has 2 aromatic rings. The zero-order chi connectivity index (χ0) is 14.0. The van der Waals surface area contributed by atoms with Gasteiger partial charge in [0.2, 0.25) is 0 Å². The molecule has 102 valence electrons. The van der Waals surface area contributed by atoms with Crippen molar-refractivity contribution in [1.82, 2.24) is 0 Å². The summed E-state index contributed by atoms with van der Waals surface area (Å²) in [6, 6.07) is 7.50. The van der Waals surface area contributed by atoms with Gasteiger partial charge < -0.3 is 9.47 Å². The molecule has 1 aromatic heterocycles. The quantitative estimate of drug-likeness (QED) is 0.650. The van der Waals surface area contributed by atoms with Crippen LogP contribution in [-0.2, 0) is 0 Å². The number of hydrogen-bond donors (Lipinski definition) is 0. The summed E-state index contributed by atoms with van der Waals surface area (Å²) in [5.74, 6) is 1.34. The van der Waals surface area contributed by atoms with Gasteiger partial charge in [-0.2, -0.15) is 0 Å². The second-order valence-electron chi connectivity index (χ2n) is 3.75. The lowest BCUT2D eigenvalue weighted by Gasteiger charge is -2.12. The molecular weight excluding hydrogens is 371 g/mol. The molecule has 19 heavy (non-hydrogen) atoms. The maximum absolute atomic E-state index is 6.48. The molecule has 0 aliphatic rings. The molecule has 1 unspecified atom stereocenters. The van der Waals surface area contributed by atoms with E-state index >= 15 is 0 Å². The SMILES string of the molecule is COc1ccc(C(Cl)c2cc(Cl)c(Br)s2)cc1OC. The van der Waals surface area contributed by atoms with E-state index in [-0.39, 0.29) is 5.38 Å². The van der Waals surface area contributed by atoms with Gasteiger partial charge in [-0.25, -0.2) is 0 Å². The third kappa shape index (κ3) is 3.19. The minimum Gasteiger partial charge on any atom is -0.493 e. The van der Waals surface area contributed by atoms with Crippen LogP contribution in [0.25, 0.3) is 0 Å². The largest absolute Gasteiger partial charge is 0.493 e. The minimum atomic E-state index is -0.270. The van der Waals surface area contributed by atoms with Gasteiger partial charge in [-0.15, -0.1) is 22.9 Å². The Balaban J connectivity index is 2.35. The lowest BCUT2D eigenvalue weighted by molar-refractivity contribution is 0.354. The second-order valence-corrected chi connectivity index (χ2v) is 6.99. The fourth-order valence-electron chi connectivity index (χ4n) is 1.66. The summed E-state index contributed by atoms with van der Waals surface area (Å²) >= 11 is 17.4. The van der Waals surface area contributed by atoms with Gasteiger partial charge in [0.15, 0.2) is 11.5 Å². The number of benzene rings is 1. The van der Waals surface area contributed by atoms with Crippen LogP contribution in [0.1, 0.15) is 15.8 Å². The molecule has 1 atom stereocenters. The average Bonchev–Trinajstić information content (AvgIpc) is 2.77. The van der Waals surface area contributed by atoms with Crippen LogP contribution in [0.2, 0.25) is 5.02 Å². The van der Waals surface area contributed by atoms with E-state index in [1.807, 2.05) is 24.3 Å². The highest BCUT2D eigenvalue weighted by Gasteiger charge is 2.17. The van der Waals surface area contributed by atoms with Crippen LogP contribution in [0.3, 0.4) is 0 Å². The van der Waals surface area contributed by atoms with Gasteiger partial charge in [0.1, 0.15) is 0 Å². The topological polar surface area (TPSA) is 18.5 Å². The molecule has 0 amide bonds. The maximum Gasteiger partial charge on any atom is 0.161 e. The van der Waals surface area contributed by atoms with Crippen LogP contribution >= 0.6 is 50.5 Å². The highest BCUT2D eigenvalue weighted by atomic mass is 79.9. The van der Waals surface area contributed by atoms with Crippen LogP contribution in [-0.4, -0.2) is 14.2 Å². The molecule has 0 aliphatic heterocycles. The van der Waals surface area contributed by atoms with Crippen molar-refractivity contribution in [1.29, 1.82) is 0 Å². The maximum atomic E-state index is 6.48. The summed E-state index contributed by atoms with van der Waals surface area (Å²) in [6.07, 6.45) is 0. The summed E-state index contributed by atoms with van der Waals surface area (Å²) in [5.41, 5.74) is 0.935. The molecule has 1 heterocycles. The Morgan fingerprint density at radius 3 is 2.37 bits per heavy atom. The third-order valence-electron chi connectivity index (χ3n) is 2.61. The van der Waals surface area contributed by atoms with Gasteiger partial charge in [-0.05, 0) is 39.7 Å². The van der Waals surface area contributed by atoms with Gasteiger partial charge in [-0.1, -0.05) is 17.7 Å². The number of halogens is 3. The van der Waals surface area contributed by atoms with Crippen molar-refractivity contribution in [2.45, 2.75) is 5.38 Å². The first-order valence-corrected chi connectivity index (χ1v) is 7.80. The van der Waals surface area contributed by atoms with Crippen molar-refractivity contribution in [2.24, 2.45) is 0 Å². The summed E-state index contributed by atoms with van der Waals surface area (Å²) in [7, 11) is 3.20. The van der Waals surface area contributed by atoms with Gasteiger partial charge in [0.25, 0.3) is 0 Å². The highest BCUT2D eigenvalue weighted by Crippen LogP contribution is 2.41. The van der Waals surface area contributed by atoms with Crippen molar-refractivity contribution >= 4 is 50.5 Å². The van der Waals surface area contributed by atoms with Crippen LogP contribution in [0.5, 0.6) is 11.5 Å². The number of alkyl halides is 1. The fraction of sp³-hybridized carbons (Fsp3) is 0.231. The molecule has 2 rings (SSSR count). The molecule has 0 spiro atoms. The van der Waals surface area contributed by atoms with Crippen molar-refractivity contribution in [3.63, 3.8) is 0 Å². The Bertz CT molecular complexity index is 567. The van der Waals surface area contributed by atoms with Crippen molar-refractivity contribution < 1.29 is 9.47 Å². The summed E-state index contributed by atoms with van der Waals surface area (Å²) in [4.78, 5) is 0.978. The lowest BCUT2D eigenvalue weighted by atomic mass is 10.1. The van der Waals surface area contributed by atoms with Crippen LogP contribution in [0.4, 0.5) is 0 Å². The van der Waals surface area contributed by atoms with E-state index in [9.17, 15) is 0 Å². The monoisotopic (exact) mass is 380 g/mol. The molecule has 0 saturated heterocycles. The van der Waals surface area contributed by atoms with Gasteiger partial charge in [0.05, 0.1) is 28.4 Å². The third-order valence-corrected chi connectivity index (χ3v) is 5.77. The highest BCUT2D eigenvalue weighted by molar-refractivity contribution is 9.11. The number of thiophene rings is 1. The zero-order valence-corrected chi connectivity index (χ0v) is 14.2. The first-order chi connectivity index (χ1) is 9.06. The zero-order valence-electron chi connectivity index (χ0n) is 10.2. The molecule has 2 nitrogen and oxygen atoms in total. The number of ether oxygens (including phenoxy) is 2. The van der Waals surface area contributed by atoms with Gasteiger partial charge in [0, 0.05) is 4.88 Å². The first-order valence-electron chi connectivity index (χ1n) is 5.37. The van der Waals surface area contributed by atoms with Gasteiger partial charge >= 0.3 is 0 Å². The summed E-state index contributed by atoms with van der Waals surface area (Å²) < 4.78 is 11.4. The summed E-state index contributed by atoms with van der Waals surface area (Å²) in [6.45, 7) is 0. The van der Waals surface area contributed by atoms with Gasteiger partial charge in [-0.3, -0.25) is 0 Å². The lowest BCUT2D eigenvalue weighted by Crippen LogP contribution is -1.95. The van der Waals surface area contributed by atoms with Crippen LogP contribution < -0.4 is 9.47 Å². The Morgan fingerprint density at radius 2 is 1.84 bits per heavy atom. The average molecular weight is 382 g/mol. The Morgan fingerprint density at radius 1 is 1.16 bits per heavy atom. The standard InChI is InChI=1S/C13H11BrCl2O2S/c1-17-9-4-3-7(5-10(9)18-2)12(16)11-6-8(15)13(14)19-11/h3-6,12H,1-2H3. The Hall–Kier alpha value is -0.420. The Labute approximate surface area is 134 Å². The number of rotatable bonds is 4. The van der Waals surface area contributed by atoms with Crippen LogP contribution in [0, 0.1) is 0 Å². The molecule has 0 radical (unpaired) electrons. The van der Waals surface area contributed by atoms with Crippen molar-refractivity contribution in [3.05, 3.63) is 43.5 Å². The van der Waals surface area contributed by atoms with Crippen molar-refractivity contribution in [3.8, 4) is 11.5 Å².